The van der Waals surface area contributed by atoms with Crippen LogP contribution in [0.25, 0.3) is 0 Å². The summed E-state index contributed by atoms with van der Waals surface area (Å²) in [6.45, 7) is -0.136. The number of carbonyl (C=O) groups excluding carboxylic acids is 1. The maximum atomic E-state index is 11.6. The fourth-order valence-corrected chi connectivity index (χ4v) is 3.11. The number of phenolic OH excluding ortho intramolecular Hbond substituents is 1. The molecule has 114 valence electrons. The summed E-state index contributed by atoms with van der Waals surface area (Å²) in [5, 5.41) is 13.7. The van der Waals surface area contributed by atoms with Crippen LogP contribution in [0.5, 0.6) is 11.5 Å². The topological polar surface area (TPSA) is 70.9 Å². The molecule has 7 heteroatoms. The van der Waals surface area contributed by atoms with Gasteiger partial charge in [-0.15, -0.1) is 0 Å². The van der Waals surface area contributed by atoms with Gasteiger partial charge >= 0.3 is 0 Å². The van der Waals surface area contributed by atoms with Crippen LogP contribution in [0.2, 0.25) is 0 Å². The molecule has 0 atom stereocenters. The molecule has 0 saturated heterocycles. The highest BCUT2D eigenvalue weighted by Gasteiger charge is 2.06. The van der Waals surface area contributed by atoms with Gasteiger partial charge in [0.05, 0.1) is 9.78 Å². The summed E-state index contributed by atoms with van der Waals surface area (Å²) in [7, 11) is 0. The summed E-state index contributed by atoms with van der Waals surface area (Å²) in [6.07, 6.45) is 1.38. The third-order valence-electron chi connectivity index (χ3n) is 2.56. The van der Waals surface area contributed by atoms with Crippen molar-refractivity contribution in [1.29, 1.82) is 0 Å². The molecule has 0 aromatic heterocycles. The number of hydrazone groups is 1. The number of nitrogens with zero attached hydrogens (tertiary/aromatic N) is 1. The molecule has 5 nitrogen and oxygen atoms in total. The Hall–Kier alpha value is -1.61. The molecule has 0 saturated carbocycles. The van der Waals surface area contributed by atoms with E-state index in [0.29, 0.717) is 14.9 Å². The Kier molecular flexibility index (Phi) is 6.20. The second-order valence-corrected chi connectivity index (χ2v) is 6.30. The van der Waals surface area contributed by atoms with Gasteiger partial charge in [-0.3, -0.25) is 4.79 Å². The molecule has 0 aliphatic carbocycles. The van der Waals surface area contributed by atoms with Crippen molar-refractivity contribution in [3.05, 3.63) is 56.1 Å². The maximum Gasteiger partial charge on any atom is 0.277 e. The third kappa shape index (κ3) is 4.99. The van der Waals surface area contributed by atoms with E-state index in [9.17, 15) is 9.90 Å². The predicted molar refractivity (Wildman–Crippen MR) is 96.2 cm³/mol. The largest absolute Gasteiger partial charge is 0.506 e. The smallest absolute Gasteiger partial charge is 0.277 e. The van der Waals surface area contributed by atoms with Crippen molar-refractivity contribution >= 4 is 50.6 Å². The highest BCUT2D eigenvalue weighted by Crippen LogP contribution is 2.27. The number of para-hydroxylation sites is 1. The van der Waals surface area contributed by atoms with E-state index >= 15 is 0 Å². The van der Waals surface area contributed by atoms with E-state index in [-0.39, 0.29) is 18.3 Å². The lowest BCUT2D eigenvalue weighted by Gasteiger charge is -2.05. The lowest BCUT2D eigenvalue weighted by molar-refractivity contribution is -0.123. The van der Waals surface area contributed by atoms with Crippen LogP contribution in [0.4, 0.5) is 0 Å². The SMILES string of the molecule is O=C(COc1ccccc1)N/N=C\c1cc(Br)cc(I)c1O. The Morgan fingerprint density at radius 1 is 1.36 bits per heavy atom. The molecular formula is C15H12BrIN2O3. The number of ether oxygens (including phenoxy) is 1. The Balaban J connectivity index is 1.88. The monoisotopic (exact) mass is 474 g/mol. The van der Waals surface area contributed by atoms with Crippen molar-refractivity contribution in [3.8, 4) is 11.5 Å². The van der Waals surface area contributed by atoms with Crippen LogP contribution in [0.1, 0.15) is 5.56 Å². The molecule has 0 aliphatic rings. The summed E-state index contributed by atoms with van der Waals surface area (Å²) in [5.41, 5.74) is 2.85. The van der Waals surface area contributed by atoms with E-state index in [1.807, 2.05) is 40.8 Å². The molecule has 2 aromatic rings. The van der Waals surface area contributed by atoms with E-state index in [4.69, 9.17) is 4.74 Å². The van der Waals surface area contributed by atoms with Gasteiger partial charge in [-0.25, -0.2) is 5.43 Å². The molecule has 0 aliphatic heterocycles. The number of carbonyl (C=O) groups is 1. The lowest BCUT2D eigenvalue weighted by atomic mass is 10.2. The van der Waals surface area contributed by atoms with Gasteiger partial charge in [0.25, 0.3) is 5.91 Å². The number of aromatic hydroxyl groups is 1. The minimum absolute atomic E-state index is 0.113. The molecule has 22 heavy (non-hydrogen) atoms. The molecule has 0 bridgehead atoms. The normalized spacial score (nSPS) is 10.6. The number of benzene rings is 2. The zero-order chi connectivity index (χ0) is 15.9. The number of phenols is 1. The van der Waals surface area contributed by atoms with Gasteiger partial charge in [0.1, 0.15) is 11.5 Å². The summed E-state index contributed by atoms with van der Waals surface area (Å²) < 4.78 is 6.79. The van der Waals surface area contributed by atoms with Crippen molar-refractivity contribution in [2.75, 3.05) is 6.61 Å². The Bertz CT molecular complexity index is 693. The van der Waals surface area contributed by atoms with Gasteiger partial charge in [0.2, 0.25) is 0 Å². The van der Waals surface area contributed by atoms with Crippen LogP contribution < -0.4 is 10.2 Å². The maximum absolute atomic E-state index is 11.6. The average molecular weight is 475 g/mol. The van der Waals surface area contributed by atoms with Crippen molar-refractivity contribution < 1.29 is 14.6 Å². The molecule has 1 amide bonds. The second-order valence-electron chi connectivity index (χ2n) is 4.22. The first-order valence-corrected chi connectivity index (χ1v) is 8.11. The number of amides is 1. The molecular weight excluding hydrogens is 463 g/mol. The van der Waals surface area contributed by atoms with Crippen molar-refractivity contribution in [2.45, 2.75) is 0 Å². The van der Waals surface area contributed by atoms with E-state index in [2.05, 4.69) is 26.5 Å². The first kappa shape index (κ1) is 16.8. The van der Waals surface area contributed by atoms with E-state index in [0.717, 1.165) is 4.47 Å². The summed E-state index contributed by atoms with van der Waals surface area (Å²) in [4.78, 5) is 11.6. The quantitative estimate of drug-likeness (QED) is 0.397. The van der Waals surface area contributed by atoms with Gasteiger partial charge in [0.15, 0.2) is 6.61 Å². The molecule has 2 aromatic carbocycles. The van der Waals surface area contributed by atoms with Crippen LogP contribution >= 0.6 is 38.5 Å². The van der Waals surface area contributed by atoms with E-state index in [1.165, 1.54) is 6.21 Å². The second kappa shape index (κ2) is 8.14. The molecule has 2 N–H and O–H groups in total. The highest BCUT2D eigenvalue weighted by molar-refractivity contribution is 14.1. The van der Waals surface area contributed by atoms with Crippen molar-refractivity contribution in [1.82, 2.24) is 5.43 Å². The molecule has 0 unspecified atom stereocenters. The van der Waals surface area contributed by atoms with Crippen molar-refractivity contribution in [2.24, 2.45) is 5.10 Å². The molecule has 0 spiro atoms. The van der Waals surface area contributed by atoms with E-state index in [1.54, 1.807) is 24.3 Å². The van der Waals surface area contributed by atoms with Crippen LogP contribution in [-0.4, -0.2) is 23.8 Å². The summed E-state index contributed by atoms with van der Waals surface area (Å²) in [5.74, 6) is 0.340. The molecule has 0 heterocycles. The van der Waals surface area contributed by atoms with Crippen LogP contribution in [-0.2, 0) is 4.79 Å². The van der Waals surface area contributed by atoms with E-state index < -0.39 is 0 Å². The lowest BCUT2D eigenvalue weighted by Crippen LogP contribution is -2.24. The fourth-order valence-electron chi connectivity index (χ4n) is 1.56. The summed E-state index contributed by atoms with van der Waals surface area (Å²) >= 11 is 5.35. The molecule has 2 rings (SSSR count). The number of nitrogens with one attached hydrogen (secondary N) is 1. The van der Waals surface area contributed by atoms with Gasteiger partial charge < -0.3 is 9.84 Å². The number of rotatable bonds is 5. The van der Waals surface area contributed by atoms with Gasteiger partial charge in [-0.1, -0.05) is 34.1 Å². The Morgan fingerprint density at radius 2 is 2.09 bits per heavy atom. The highest BCUT2D eigenvalue weighted by atomic mass is 127. The zero-order valence-electron chi connectivity index (χ0n) is 11.3. The number of hydrogen-bond donors (Lipinski definition) is 2. The standard InChI is InChI=1S/C15H12BrIN2O3/c16-11-6-10(15(21)13(17)7-11)8-18-19-14(20)9-22-12-4-2-1-3-5-12/h1-8,21H,9H2,(H,19,20)/b18-8-. The van der Waals surface area contributed by atoms with Crippen LogP contribution in [0, 0.1) is 3.57 Å². The van der Waals surface area contributed by atoms with Crippen LogP contribution in [0.3, 0.4) is 0 Å². The average Bonchev–Trinajstić information content (AvgIpc) is 2.51. The van der Waals surface area contributed by atoms with Gasteiger partial charge in [0, 0.05) is 10.0 Å². The van der Waals surface area contributed by atoms with Gasteiger partial charge in [-0.2, -0.15) is 5.10 Å². The zero-order valence-corrected chi connectivity index (χ0v) is 15.0. The Morgan fingerprint density at radius 3 is 2.82 bits per heavy atom. The van der Waals surface area contributed by atoms with Crippen molar-refractivity contribution in [3.63, 3.8) is 0 Å². The summed E-state index contributed by atoms with van der Waals surface area (Å²) in [6, 6.07) is 12.5. The van der Waals surface area contributed by atoms with Gasteiger partial charge in [-0.05, 0) is 46.9 Å². The number of halogens is 2. The Labute approximate surface area is 149 Å². The molecule has 0 fully saturated rings. The predicted octanol–water partition coefficient (Wildman–Crippen LogP) is 3.29. The van der Waals surface area contributed by atoms with Crippen LogP contribution in [0.15, 0.2) is 52.0 Å². The first-order chi connectivity index (χ1) is 10.6. The third-order valence-corrected chi connectivity index (χ3v) is 3.84. The molecule has 0 radical (unpaired) electrons. The number of hydrogen-bond acceptors (Lipinski definition) is 4. The minimum Gasteiger partial charge on any atom is -0.506 e. The fraction of sp³-hybridized carbons (Fsp3) is 0.0667. The first-order valence-electron chi connectivity index (χ1n) is 6.24. The minimum atomic E-state index is -0.385.